The molecule has 2 aliphatic rings. The highest BCUT2D eigenvalue weighted by Gasteiger charge is 2.41. The van der Waals surface area contributed by atoms with Gasteiger partial charge in [-0.25, -0.2) is 13.2 Å². The summed E-state index contributed by atoms with van der Waals surface area (Å²) in [6, 6.07) is -3.29. The number of hydrogen-bond donors (Lipinski definition) is 3. The number of nitrogens with zero attached hydrogens (tertiary/aromatic N) is 1. The summed E-state index contributed by atoms with van der Waals surface area (Å²) in [4.78, 5) is 65.6. The monoisotopic (exact) mass is 582 g/mol. The summed E-state index contributed by atoms with van der Waals surface area (Å²) in [7, 11) is -3.82. The van der Waals surface area contributed by atoms with Crippen molar-refractivity contribution in [3.8, 4) is 0 Å². The fourth-order valence-corrected chi connectivity index (χ4v) is 5.58. The largest absolute Gasteiger partial charge is 0.444 e. The van der Waals surface area contributed by atoms with Crippen molar-refractivity contribution in [2.24, 2.45) is 0 Å². The van der Waals surface area contributed by atoms with E-state index in [2.05, 4.69) is 17.2 Å². The topological polar surface area (TPSA) is 168 Å². The number of hydrogen-bond acceptors (Lipinski definition) is 8. The fourth-order valence-electron chi connectivity index (χ4n) is 4.23. The van der Waals surface area contributed by atoms with E-state index in [-0.39, 0.29) is 31.6 Å². The molecule has 0 aromatic heterocycles. The maximum absolute atomic E-state index is 13.6. The van der Waals surface area contributed by atoms with Gasteiger partial charge in [0.2, 0.25) is 21.8 Å². The minimum Gasteiger partial charge on any atom is -0.444 e. The van der Waals surface area contributed by atoms with Crippen molar-refractivity contribution >= 4 is 39.6 Å². The van der Waals surface area contributed by atoms with Crippen LogP contribution in [0, 0.1) is 0 Å². The molecular formula is C27H42N4O8S. The van der Waals surface area contributed by atoms with Gasteiger partial charge < -0.3 is 20.3 Å². The number of alkyl carbamates (subject to hydrolysis) is 1. The van der Waals surface area contributed by atoms with Gasteiger partial charge in [0.25, 0.3) is 5.91 Å². The lowest BCUT2D eigenvalue weighted by molar-refractivity contribution is -0.141. The van der Waals surface area contributed by atoms with Crippen LogP contribution >= 0.6 is 0 Å². The van der Waals surface area contributed by atoms with Gasteiger partial charge in [-0.15, -0.1) is 6.58 Å². The number of amides is 4. The number of carbonyl (C=O) groups is 5. The van der Waals surface area contributed by atoms with Crippen LogP contribution in [0.5, 0.6) is 0 Å². The van der Waals surface area contributed by atoms with Crippen molar-refractivity contribution in [1.29, 1.82) is 0 Å². The van der Waals surface area contributed by atoms with Gasteiger partial charge >= 0.3 is 6.09 Å². The van der Waals surface area contributed by atoms with E-state index in [0.717, 1.165) is 5.57 Å². The maximum atomic E-state index is 13.6. The summed E-state index contributed by atoms with van der Waals surface area (Å²) < 4.78 is 31.8. The number of likely N-dealkylation sites (tertiary alicyclic amines) is 1. The smallest absolute Gasteiger partial charge is 0.408 e. The number of rotatable bonds is 13. The van der Waals surface area contributed by atoms with Gasteiger partial charge in [-0.1, -0.05) is 11.6 Å². The molecule has 224 valence electrons. The van der Waals surface area contributed by atoms with Gasteiger partial charge in [-0.3, -0.25) is 23.9 Å². The van der Waals surface area contributed by atoms with Crippen LogP contribution in [0.15, 0.2) is 24.3 Å². The molecule has 0 aromatic carbocycles. The van der Waals surface area contributed by atoms with Gasteiger partial charge in [0.1, 0.15) is 23.7 Å². The van der Waals surface area contributed by atoms with Crippen molar-refractivity contribution in [1.82, 2.24) is 20.3 Å². The Labute approximate surface area is 236 Å². The highest BCUT2D eigenvalue weighted by atomic mass is 32.2. The van der Waals surface area contributed by atoms with Crippen molar-refractivity contribution in [2.75, 3.05) is 6.54 Å². The first-order valence-corrected chi connectivity index (χ1v) is 15.0. The number of sulfonamides is 1. The third-order valence-corrected chi connectivity index (χ3v) is 8.03. The first-order valence-electron chi connectivity index (χ1n) is 13.5. The molecule has 3 atom stereocenters. The quantitative estimate of drug-likeness (QED) is 0.218. The fraction of sp³-hybridized carbons (Fsp3) is 0.667. The zero-order valence-corrected chi connectivity index (χ0v) is 24.8. The molecule has 1 saturated heterocycles. The zero-order valence-electron chi connectivity index (χ0n) is 23.9. The van der Waals surface area contributed by atoms with Gasteiger partial charge in [-0.2, -0.15) is 0 Å². The van der Waals surface area contributed by atoms with Crippen LogP contribution in [0.3, 0.4) is 0 Å². The molecule has 2 rings (SSSR count). The van der Waals surface area contributed by atoms with E-state index in [4.69, 9.17) is 4.74 Å². The Kier molecular flexibility index (Phi) is 11.5. The molecule has 0 aromatic rings. The minimum atomic E-state index is -3.82. The predicted octanol–water partition coefficient (Wildman–Crippen LogP) is 1.86. The summed E-state index contributed by atoms with van der Waals surface area (Å²) >= 11 is 0. The summed E-state index contributed by atoms with van der Waals surface area (Å²) in [6.07, 6.45) is 3.70. The van der Waals surface area contributed by atoms with Crippen LogP contribution in [0.1, 0.15) is 79.6 Å². The Morgan fingerprint density at radius 1 is 1.05 bits per heavy atom. The molecule has 12 nitrogen and oxygen atoms in total. The molecule has 0 bridgehead atoms. The number of ether oxygens (including phenoxy) is 1. The van der Waals surface area contributed by atoms with E-state index in [0.29, 0.717) is 25.7 Å². The van der Waals surface area contributed by atoms with E-state index in [9.17, 15) is 32.4 Å². The predicted molar refractivity (Wildman–Crippen MR) is 148 cm³/mol. The van der Waals surface area contributed by atoms with Crippen molar-refractivity contribution in [3.05, 3.63) is 24.3 Å². The zero-order chi connectivity index (χ0) is 30.3. The maximum Gasteiger partial charge on any atom is 0.408 e. The molecule has 1 unspecified atom stereocenters. The van der Waals surface area contributed by atoms with Crippen LogP contribution in [0.25, 0.3) is 0 Å². The Hall–Kier alpha value is -3.22. The molecule has 1 saturated carbocycles. The highest BCUT2D eigenvalue weighted by molar-refractivity contribution is 7.90. The first-order chi connectivity index (χ1) is 18.5. The van der Waals surface area contributed by atoms with Crippen LogP contribution in [-0.4, -0.2) is 78.4 Å². The molecule has 3 N–H and O–H groups in total. The number of carbonyl (C=O) groups excluding carboxylic acids is 5. The standard InChI is InChI=1S/C27H42N4O8S/c1-7-9-20(23(33)30-40(37,38)19-12-13-19)28-24(34)22-10-8-15-31(22)25(35)21(14-11-18(32)16-17(2)3)29-26(36)39-27(4,5)6/h7,16,19-22H,1,8-15H2,2-6H3,(H,28,34)(H,29,36)(H,30,33)/t20?,21-,22-/m0/s1. The van der Waals surface area contributed by atoms with Crippen molar-refractivity contribution in [3.63, 3.8) is 0 Å². The van der Waals surface area contributed by atoms with E-state index < -0.39 is 62.8 Å². The third-order valence-electron chi connectivity index (χ3n) is 6.20. The number of nitrogens with one attached hydrogen (secondary N) is 3. The summed E-state index contributed by atoms with van der Waals surface area (Å²) in [5.41, 5.74) is -0.0217. The van der Waals surface area contributed by atoms with Crippen LogP contribution < -0.4 is 15.4 Å². The normalized spacial score (nSPS) is 18.6. The molecule has 0 radical (unpaired) electrons. The minimum absolute atomic E-state index is 0.00789. The molecule has 40 heavy (non-hydrogen) atoms. The van der Waals surface area contributed by atoms with Crippen LogP contribution in [0.2, 0.25) is 0 Å². The number of ketones is 1. The van der Waals surface area contributed by atoms with Gasteiger partial charge in [0.05, 0.1) is 5.25 Å². The third kappa shape index (κ3) is 10.4. The van der Waals surface area contributed by atoms with E-state index in [1.165, 1.54) is 17.1 Å². The highest BCUT2D eigenvalue weighted by Crippen LogP contribution is 2.27. The second kappa shape index (κ2) is 13.9. The van der Waals surface area contributed by atoms with Gasteiger partial charge in [0, 0.05) is 13.0 Å². The van der Waals surface area contributed by atoms with Crippen LogP contribution in [-0.2, 0) is 33.9 Å². The lowest BCUT2D eigenvalue weighted by atomic mass is 10.1. The Balaban J connectivity index is 2.17. The van der Waals surface area contributed by atoms with Crippen LogP contribution in [0.4, 0.5) is 4.79 Å². The molecular weight excluding hydrogens is 540 g/mol. The summed E-state index contributed by atoms with van der Waals surface area (Å²) in [6.45, 7) is 12.4. The lowest BCUT2D eigenvalue weighted by Crippen LogP contribution is -2.56. The molecule has 0 spiro atoms. The van der Waals surface area contributed by atoms with E-state index >= 15 is 0 Å². The molecule has 2 fully saturated rings. The van der Waals surface area contributed by atoms with E-state index in [1.807, 2.05) is 4.72 Å². The van der Waals surface area contributed by atoms with Crippen molar-refractivity contribution in [2.45, 2.75) is 109 Å². The first kappa shape index (κ1) is 33.0. The number of allylic oxidation sites excluding steroid dienone is 2. The average Bonchev–Trinajstić information content (AvgIpc) is 3.57. The Morgan fingerprint density at radius 3 is 2.25 bits per heavy atom. The summed E-state index contributed by atoms with van der Waals surface area (Å²) in [5, 5.41) is 4.48. The molecule has 13 heteroatoms. The second-order valence-electron chi connectivity index (χ2n) is 11.4. The Morgan fingerprint density at radius 2 is 1.70 bits per heavy atom. The SMILES string of the molecule is C=CCC(NC(=O)[C@@H]1CCCN1C(=O)[C@H](CCC(=O)C=C(C)C)NC(=O)OC(C)(C)C)C(=O)NS(=O)(=O)C1CC1. The molecule has 4 amide bonds. The molecule has 1 aliphatic carbocycles. The van der Waals surface area contributed by atoms with Crippen molar-refractivity contribution < 1.29 is 37.1 Å². The lowest BCUT2D eigenvalue weighted by Gasteiger charge is -2.30. The summed E-state index contributed by atoms with van der Waals surface area (Å²) in [5.74, 6) is -2.28. The molecule has 1 aliphatic heterocycles. The average molecular weight is 583 g/mol. The second-order valence-corrected chi connectivity index (χ2v) is 13.4. The van der Waals surface area contributed by atoms with Gasteiger partial charge in [0.15, 0.2) is 5.78 Å². The Bertz CT molecular complexity index is 1130. The molecule has 1 heterocycles. The van der Waals surface area contributed by atoms with Gasteiger partial charge in [-0.05, 0) is 79.2 Å². The van der Waals surface area contributed by atoms with E-state index in [1.54, 1.807) is 34.6 Å².